The van der Waals surface area contributed by atoms with E-state index in [-0.39, 0.29) is 17.4 Å². The Labute approximate surface area is 126 Å². The fraction of sp³-hybridized carbons (Fsp3) is 0.308. The van der Waals surface area contributed by atoms with Crippen LogP contribution in [0.5, 0.6) is 5.75 Å². The summed E-state index contributed by atoms with van der Waals surface area (Å²) in [4.78, 5) is 0. The molecule has 0 N–H and O–H groups in total. The van der Waals surface area contributed by atoms with Gasteiger partial charge in [0.05, 0.1) is 15.2 Å². The van der Waals surface area contributed by atoms with Crippen LogP contribution >= 0.6 is 0 Å². The van der Waals surface area contributed by atoms with Crippen LogP contribution in [0.3, 0.4) is 0 Å². The Morgan fingerprint density at radius 3 is 1.53 bits per heavy atom. The number of methoxy groups -OCH3 is 1. The Balaban J connectivity index is -0.000000142. The first kappa shape index (κ1) is 26.5. The van der Waals surface area contributed by atoms with Gasteiger partial charge in [0, 0.05) is 17.4 Å². The van der Waals surface area contributed by atoms with Crippen LogP contribution in [0.25, 0.3) is 0 Å². The van der Waals surface area contributed by atoms with E-state index in [4.69, 9.17) is 18.7 Å². The van der Waals surface area contributed by atoms with Gasteiger partial charge in [-0.1, -0.05) is 37.8 Å². The van der Waals surface area contributed by atoms with E-state index in [0.717, 1.165) is 5.75 Å². The molecule has 1 rings (SSSR count). The summed E-state index contributed by atoms with van der Waals surface area (Å²) in [5, 5.41) is 1.40. The molecule has 1 aromatic rings. The number of benzene rings is 1. The molecule has 0 atom stereocenters. The molecule has 4 nitrogen and oxygen atoms in total. The first-order chi connectivity index (χ1) is 8.55. The fourth-order valence-electron chi connectivity index (χ4n) is 1.26. The number of ether oxygens (including phenoxy) is 1. The van der Waals surface area contributed by atoms with Crippen LogP contribution in [0.15, 0.2) is 24.3 Å². The molecule has 1 aromatic carbocycles. The Hall–Kier alpha value is -1.01. The molecule has 0 saturated heterocycles. The molecule has 0 aromatic heterocycles. The fourth-order valence-corrected chi connectivity index (χ4v) is 2.79. The standard InChI is InChI=1S/C10H16OSi.3CO.Cr/c1-11-9-7-5-6-8-10(9)12(2,3)4;3*1-2;/h5-8H,1-4H3;;;;. The Kier molecular flexibility index (Phi) is 23.7. The van der Waals surface area contributed by atoms with Crippen LogP contribution in [0.4, 0.5) is 0 Å². The maximum Gasteiger partial charge on any atom is 0 e. The normalized spacial score (nSPS) is 7.47. The third-order valence-electron chi connectivity index (χ3n) is 1.91. The van der Waals surface area contributed by atoms with Gasteiger partial charge in [0.15, 0.2) is 0 Å². The monoisotopic (exact) mass is 316 g/mol. The van der Waals surface area contributed by atoms with Crippen molar-refractivity contribution in [1.82, 2.24) is 0 Å². The molecule has 0 heterocycles. The molecule has 0 unspecified atom stereocenters. The summed E-state index contributed by atoms with van der Waals surface area (Å²) >= 11 is 0. The largest absolute Gasteiger partial charge is 0 e. The van der Waals surface area contributed by atoms with Crippen molar-refractivity contribution in [3.8, 4) is 5.75 Å². The molecular formula is C13H16CrO4Si. The average molecular weight is 316 g/mol. The topological polar surface area (TPSA) is 68.9 Å². The number of rotatable bonds is 2. The maximum atomic E-state index is 7.50. The summed E-state index contributed by atoms with van der Waals surface area (Å²) in [6.45, 7) is 20.5. The van der Waals surface area contributed by atoms with Crippen LogP contribution in [-0.2, 0) is 31.3 Å². The van der Waals surface area contributed by atoms with Gasteiger partial charge in [0.25, 0.3) is 0 Å². The number of hydrogen-bond donors (Lipinski definition) is 0. The molecule has 0 fully saturated rings. The molecule has 0 aliphatic carbocycles. The van der Waals surface area contributed by atoms with Gasteiger partial charge in [-0.2, -0.15) is 0 Å². The third-order valence-corrected chi connectivity index (χ3v) is 3.94. The van der Waals surface area contributed by atoms with Gasteiger partial charge in [0.1, 0.15) is 5.75 Å². The van der Waals surface area contributed by atoms with Crippen molar-refractivity contribution >= 4 is 13.3 Å². The van der Waals surface area contributed by atoms with Gasteiger partial charge in [-0.3, -0.25) is 0 Å². The van der Waals surface area contributed by atoms with Crippen molar-refractivity contribution in [1.29, 1.82) is 0 Å². The smallest absolute Gasteiger partial charge is 0 e. The van der Waals surface area contributed by atoms with Gasteiger partial charge in [0.2, 0.25) is 0 Å². The van der Waals surface area contributed by atoms with Crippen LogP contribution in [0.2, 0.25) is 19.6 Å². The molecule has 6 heteroatoms. The van der Waals surface area contributed by atoms with Gasteiger partial charge in [-0.25, -0.2) is 0 Å². The third kappa shape index (κ3) is 11.8. The second-order valence-corrected chi connectivity index (χ2v) is 8.99. The molecule has 0 amide bonds. The van der Waals surface area contributed by atoms with E-state index in [1.807, 2.05) is 12.1 Å². The first-order valence-electron chi connectivity index (χ1n) is 4.80. The summed E-state index contributed by atoms with van der Waals surface area (Å²) in [5.74, 6) is 1.04. The Morgan fingerprint density at radius 2 is 1.26 bits per heavy atom. The summed E-state index contributed by atoms with van der Waals surface area (Å²) in [6, 6.07) is 8.30. The van der Waals surface area contributed by atoms with Crippen LogP contribution in [0, 0.1) is 20.0 Å². The summed E-state index contributed by atoms with van der Waals surface area (Å²) < 4.78 is 27.8. The molecule has 0 spiro atoms. The van der Waals surface area contributed by atoms with Crippen molar-refractivity contribution in [3.05, 3.63) is 44.2 Å². The summed E-state index contributed by atoms with van der Waals surface area (Å²) in [6.07, 6.45) is 0. The van der Waals surface area contributed by atoms with Crippen molar-refractivity contribution < 1.29 is 36.1 Å². The Morgan fingerprint density at radius 1 is 0.895 bits per heavy atom. The molecule has 0 saturated carbocycles. The maximum absolute atomic E-state index is 7.50. The van der Waals surface area contributed by atoms with E-state index in [2.05, 4.69) is 51.7 Å². The zero-order valence-corrected chi connectivity index (χ0v) is 13.6. The zero-order valence-electron chi connectivity index (χ0n) is 11.4. The summed E-state index contributed by atoms with van der Waals surface area (Å²) in [7, 11) is 0.511. The van der Waals surface area contributed by atoms with E-state index < -0.39 is 8.07 Å². The van der Waals surface area contributed by atoms with Gasteiger partial charge >= 0.3 is 33.9 Å². The average Bonchev–Trinajstić information content (AvgIpc) is 2.44. The predicted octanol–water partition coefficient (Wildman–Crippen LogP) is 2.13. The van der Waals surface area contributed by atoms with E-state index >= 15 is 0 Å². The predicted molar refractivity (Wildman–Crippen MR) is 67.8 cm³/mol. The van der Waals surface area contributed by atoms with Crippen LogP contribution in [-0.4, -0.2) is 15.2 Å². The quantitative estimate of drug-likeness (QED) is 0.468. The molecular weight excluding hydrogens is 300 g/mol. The molecule has 0 aliphatic heterocycles. The van der Waals surface area contributed by atoms with Crippen molar-refractivity contribution in [3.63, 3.8) is 0 Å². The van der Waals surface area contributed by atoms with Crippen molar-refractivity contribution in [2.75, 3.05) is 7.11 Å². The minimum Gasteiger partial charge on any atom is 0 e. The minimum atomic E-state index is -1.22. The van der Waals surface area contributed by atoms with E-state index in [1.165, 1.54) is 5.19 Å². The first-order valence-corrected chi connectivity index (χ1v) is 8.30. The SMILES string of the molecule is COc1ccccc1[Si](C)(C)C.[C-]#[O+].[C-]#[O+].[C-]#[O+].[Cr]. The van der Waals surface area contributed by atoms with Crippen molar-refractivity contribution in [2.24, 2.45) is 0 Å². The number of para-hydroxylation sites is 1. The molecule has 0 bridgehead atoms. The van der Waals surface area contributed by atoms with Gasteiger partial charge in [-0.15, -0.1) is 0 Å². The van der Waals surface area contributed by atoms with Gasteiger partial charge in [-0.05, 0) is 11.3 Å². The number of hydrogen-bond acceptors (Lipinski definition) is 1. The molecule has 19 heavy (non-hydrogen) atoms. The van der Waals surface area contributed by atoms with Crippen LogP contribution < -0.4 is 9.92 Å². The second kappa shape index (κ2) is 17.0. The van der Waals surface area contributed by atoms with Crippen LogP contribution in [0.1, 0.15) is 0 Å². The summed E-state index contributed by atoms with van der Waals surface area (Å²) in [5.41, 5.74) is 0. The van der Waals surface area contributed by atoms with E-state index in [1.54, 1.807) is 7.11 Å². The second-order valence-electron chi connectivity index (χ2n) is 3.95. The minimum absolute atomic E-state index is 0. The molecule has 0 aliphatic rings. The molecule has 0 radical (unpaired) electrons. The van der Waals surface area contributed by atoms with E-state index in [9.17, 15) is 0 Å². The van der Waals surface area contributed by atoms with E-state index in [0.29, 0.717) is 0 Å². The van der Waals surface area contributed by atoms with Crippen molar-refractivity contribution in [2.45, 2.75) is 19.6 Å². The Bertz CT molecular complexity index is 366. The van der Waals surface area contributed by atoms with Gasteiger partial charge < -0.3 is 4.74 Å². The molecule has 102 valence electrons. The zero-order chi connectivity index (χ0) is 15.2.